The molecule has 1 aromatic carbocycles. The van der Waals surface area contributed by atoms with Gasteiger partial charge in [0.05, 0.1) is 30.0 Å². The van der Waals surface area contributed by atoms with Gasteiger partial charge < -0.3 is 34.9 Å². The standard InChI is InChI=1S/C40H50F3N5O10S/c1-36(2,3)58-35(53)45-26-12-10-8-6-7-9-11-22-18-39(22,34(52)47-59(54,55)37(4)15-16-37)46-32(50)27-19-38(21-48(27)33(26)51)20-28(49)29-24-17-23(56-5)13-14-25(24)44-31(30(29)57-38)40(41,42)43/h9,11,13-14,17,22,26-28,49H,6-8,10,12,15-16,18-21H2,1-5H3,(H,45,53)(H,46,50)(H,47,52)/b11-9-/t22-,26-,27-,28+,38-,39+/m0/s1. The first-order chi connectivity index (χ1) is 27.5. The van der Waals surface area contributed by atoms with Crippen molar-refractivity contribution in [2.75, 3.05) is 13.7 Å². The van der Waals surface area contributed by atoms with E-state index in [9.17, 15) is 45.9 Å². The monoisotopic (exact) mass is 849 g/mol. The van der Waals surface area contributed by atoms with Crippen molar-refractivity contribution in [3.05, 3.63) is 41.6 Å². The number of hydrogen-bond acceptors (Lipinski definition) is 11. The predicted octanol–water partition coefficient (Wildman–Crippen LogP) is 4.70. The number of aromatic nitrogens is 1. The largest absolute Gasteiger partial charge is 0.497 e. The molecule has 4 amide bonds. The van der Waals surface area contributed by atoms with Crippen molar-refractivity contribution in [2.45, 2.75) is 138 Å². The third kappa shape index (κ3) is 8.28. The molecular formula is C40H50F3N5O10S. The smallest absolute Gasteiger partial charge is 0.437 e. The van der Waals surface area contributed by atoms with Gasteiger partial charge in [-0.3, -0.25) is 19.1 Å². The Morgan fingerprint density at radius 1 is 1.08 bits per heavy atom. The molecule has 59 heavy (non-hydrogen) atoms. The summed E-state index contributed by atoms with van der Waals surface area (Å²) in [6.45, 7) is 5.93. The lowest BCUT2D eigenvalue weighted by Crippen LogP contribution is -2.58. The number of aliphatic hydroxyl groups is 1. The summed E-state index contributed by atoms with van der Waals surface area (Å²) >= 11 is 0. The minimum absolute atomic E-state index is 0.0433. The summed E-state index contributed by atoms with van der Waals surface area (Å²) in [5.74, 6) is -3.70. The maximum absolute atomic E-state index is 14.8. The molecule has 1 spiro atoms. The van der Waals surface area contributed by atoms with Crippen LogP contribution in [-0.2, 0) is 35.3 Å². The van der Waals surface area contributed by atoms with E-state index in [4.69, 9.17) is 14.2 Å². The Labute approximate surface area is 339 Å². The van der Waals surface area contributed by atoms with Crippen LogP contribution in [0.4, 0.5) is 18.0 Å². The highest BCUT2D eigenvalue weighted by Crippen LogP contribution is 2.53. The van der Waals surface area contributed by atoms with E-state index in [2.05, 4.69) is 20.3 Å². The van der Waals surface area contributed by atoms with Crippen LogP contribution in [0, 0.1) is 5.92 Å². The second kappa shape index (κ2) is 14.8. The van der Waals surface area contributed by atoms with Crippen LogP contribution in [-0.4, -0.2) is 94.4 Å². The molecule has 2 saturated carbocycles. The fraction of sp³-hybridized carbons (Fsp3) is 0.625. The highest BCUT2D eigenvalue weighted by Gasteiger charge is 2.64. The molecule has 1 aromatic heterocycles. The fourth-order valence-corrected chi connectivity index (χ4v) is 9.68. The number of benzene rings is 1. The number of nitrogens with one attached hydrogen (secondary N) is 3. The molecule has 0 bridgehead atoms. The molecule has 0 radical (unpaired) electrons. The molecule has 0 unspecified atom stereocenters. The predicted molar refractivity (Wildman–Crippen MR) is 205 cm³/mol. The maximum Gasteiger partial charge on any atom is 0.437 e. The van der Waals surface area contributed by atoms with Gasteiger partial charge in [0.15, 0.2) is 11.4 Å². The van der Waals surface area contributed by atoms with Gasteiger partial charge in [0.25, 0.3) is 5.91 Å². The number of carbonyl (C=O) groups excluding carboxylic acids is 4. The number of nitrogens with zero attached hydrogens (tertiary/aromatic N) is 2. The number of hydrogen-bond donors (Lipinski definition) is 4. The van der Waals surface area contributed by atoms with E-state index in [0.717, 1.165) is 4.90 Å². The zero-order valence-corrected chi connectivity index (χ0v) is 34.3. The molecule has 4 heterocycles. The van der Waals surface area contributed by atoms with E-state index in [-0.39, 0.29) is 41.5 Å². The van der Waals surface area contributed by atoms with Crippen LogP contribution in [0.2, 0.25) is 0 Å². The molecule has 3 fully saturated rings. The summed E-state index contributed by atoms with van der Waals surface area (Å²) in [5, 5.41) is 17.3. The number of allylic oxidation sites excluding steroid dienone is 1. The Balaban J connectivity index is 1.29. The molecule has 3 aliphatic heterocycles. The number of pyridine rings is 1. The lowest BCUT2D eigenvalue weighted by Gasteiger charge is -2.39. The van der Waals surface area contributed by atoms with Crippen molar-refractivity contribution in [2.24, 2.45) is 5.92 Å². The number of rotatable bonds is 5. The second-order valence-corrected chi connectivity index (χ2v) is 19.9. The summed E-state index contributed by atoms with van der Waals surface area (Å²) in [4.78, 5) is 61.4. The number of methoxy groups -OCH3 is 1. The van der Waals surface area contributed by atoms with Gasteiger partial charge in [-0.2, -0.15) is 13.2 Å². The number of alkyl carbamates (subject to hydrolysis) is 1. The van der Waals surface area contributed by atoms with Crippen LogP contribution in [0.1, 0.15) is 109 Å². The zero-order chi connectivity index (χ0) is 42.9. The Kier molecular flexibility index (Phi) is 10.7. The summed E-state index contributed by atoms with van der Waals surface area (Å²) in [5.41, 5.74) is -6.14. The van der Waals surface area contributed by atoms with Crippen LogP contribution in [0.25, 0.3) is 10.9 Å². The highest BCUT2D eigenvalue weighted by molar-refractivity contribution is 7.91. The van der Waals surface area contributed by atoms with Gasteiger partial charge in [0, 0.05) is 29.7 Å². The summed E-state index contributed by atoms with van der Waals surface area (Å²) < 4.78 is 88.8. The Hall–Kier alpha value is -4.65. The highest BCUT2D eigenvalue weighted by atomic mass is 32.2. The first-order valence-electron chi connectivity index (χ1n) is 19.8. The SMILES string of the molecule is COc1ccc2nc(C(F)(F)F)c3c(c2c1)[C@H](O)C[C@]1(C[C@H]2C(=O)N[C@]4(C(=O)NS(=O)(=O)C5(C)CC5)C[C@@H]4/C=C\CCCCC[C@H](NC(=O)OC(C)(C)C)C(=O)N2C1)O3. The van der Waals surface area contributed by atoms with Crippen molar-refractivity contribution in [1.29, 1.82) is 0 Å². The number of amides is 4. The fourth-order valence-electron chi connectivity index (χ4n) is 8.37. The number of ether oxygens (including phenoxy) is 3. The van der Waals surface area contributed by atoms with Gasteiger partial charge >= 0.3 is 12.3 Å². The maximum atomic E-state index is 14.8. The minimum Gasteiger partial charge on any atom is -0.497 e. The van der Waals surface area contributed by atoms with Crippen molar-refractivity contribution < 1.29 is 60.1 Å². The van der Waals surface area contributed by atoms with Gasteiger partial charge in [0.1, 0.15) is 34.6 Å². The topological polar surface area (TPSA) is 203 Å². The summed E-state index contributed by atoms with van der Waals surface area (Å²) in [6, 6.07) is 1.43. The van der Waals surface area contributed by atoms with Gasteiger partial charge in [0.2, 0.25) is 21.8 Å². The normalized spacial score (nSPS) is 30.0. The lowest BCUT2D eigenvalue weighted by atomic mass is 9.85. The molecule has 6 atom stereocenters. The lowest BCUT2D eigenvalue weighted by molar-refractivity contribution is -0.145. The number of fused-ring (bicyclic) bond motifs is 5. The quantitative estimate of drug-likeness (QED) is 0.304. The van der Waals surface area contributed by atoms with E-state index in [0.29, 0.717) is 38.5 Å². The number of carbonyl (C=O) groups is 4. The number of halogens is 3. The van der Waals surface area contributed by atoms with Crippen molar-refractivity contribution in [3.8, 4) is 11.5 Å². The van der Waals surface area contributed by atoms with Crippen LogP contribution in [0.3, 0.4) is 0 Å². The van der Waals surface area contributed by atoms with Crippen LogP contribution >= 0.6 is 0 Å². The third-order valence-corrected chi connectivity index (χ3v) is 14.1. The Bertz CT molecular complexity index is 2210. The van der Waals surface area contributed by atoms with Crippen LogP contribution in [0.5, 0.6) is 11.5 Å². The van der Waals surface area contributed by atoms with Crippen LogP contribution in [0.15, 0.2) is 30.4 Å². The molecule has 1 saturated heterocycles. The van der Waals surface area contributed by atoms with Gasteiger partial charge in [-0.25, -0.2) is 18.2 Å². The molecule has 2 aliphatic carbocycles. The molecule has 19 heteroatoms. The third-order valence-electron chi connectivity index (χ3n) is 12.0. The number of sulfonamides is 1. The molecule has 7 rings (SSSR count). The second-order valence-electron chi connectivity index (χ2n) is 17.7. The van der Waals surface area contributed by atoms with E-state index in [1.165, 1.54) is 32.2 Å². The Morgan fingerprint density at radius 2 is 1.81 bits per heavy atom. The molecule has 2 aromatic rings. The van der Waals surface area contributed by atoms with Gasteiger partial charge in [-0.1, -0.05) is 25.0 Å². The van der Waals surface area contributed by atoms with Crippen LogP contribution < -0.4 is 24.8 Å². The summed E-state index contributed by atoms with van der Waals surface area (Å²) in [6.07, 6.45) is -1.56. The van der Waals surface area contributed by atoms with E-state index >= 15 is 0 Å². The molecule has 4 N–H and O–H groups in total. The first-order valence-corrected chi connectivity index (χ1v) is 21.3. The number of alkyl halides is 3. The average Bonchev–Trinajstić information content (AvgIpc) is 4.03. The average molecular weight is 850 g/mol. The van der Waals surface area contributed by atoms with Gasteiger partial charge in [-0.15, -0.1) is 0 Å². The zero-order valence-electron chi connectivity index (χ0n) is 33.5. The van der Waals surface area contributed by atoms with E-state index in [1.807, 2.05) is 6.08 Å². The van der Waals surface area contributed by atoms with Crippen molar-refractivity contribution in [3.63, 3.8) is 0 Å². The summed E-state index contributed by atoms with van der Waals surface area (Å²) in [7, 11) is -2.75. The van der Waals surface area contributed by atoms with Crippen molar-refractivity contribution in [1.82, 2.24) is 25.2 Å². The first kappa shape index (κ1) is 42.5. The van der Waals surface area contributed by atoms with E-state index < -0.39 is 110 Å². The van der Waals surface area contributed by atoms with E-state index in [1.54, 1.807) is 26.8 Å². The number of aliphatic hydroxyl groups excluding tert-OH is 1. The molecule has 5 aliphatic rings. The molecule has 15 nitrogen and oxygen atoms in total. The Morgan fingerprint density at radius 3 is 2.47 bits per heavy atom. The van der Waals surface area contributed by atoms with Gasteiger partial charge in [-0.05, 0) is 84.4 Å². The molecular weight excluding hydrogens is 800 g/mol. The van der Waals surface area contributed by atoms with Crippen molar-refractivity contribution >= 4 is 44.7 Å². The molecule has 322 valence electrons. The minimum atomic E-state index is -5.05.